The number of pyridine rings is 1. The molecule has 8 heteroatoms. The van der Waals surface area contributed by atoms with Gasteiger partial charge in [0.15, 0.2) is 0 Å². The fourth-order valence-electron chi connectivity index (χ4n) is 1.69. The Bertz CT molecular complexity index is 587. The monoisotopic (exact) mass is 271 g/mol. The molecule has 0 aromatic carbocycles. The minimum Gasteiger partial charge on any atom is -0.355 e. The van der Waals surface area contributed by atoms with E-state index in [2.05, 4.69) is 10.3 Å². The van der Waals surface area contributed by atoms with Crippen molar-refractivity contribution in [3.05, 3.63) is 28.7 Å². The summed E-state index contributed by atoms with van der Waals surface area (Å²) >= 11 is 0. The van der Waals surface area contributed by atoms with Gasteiger partial charge in [0, 0.05) is 25.4 Å². The predicted molar refractivity (Wildman–Crippen MR) is 63.4 cm³/mol. The van der Waals surface area contributed by atoms with Crippen molar-refractivity contribution in [2.75, 3.05) is 19.6 Å². The quantitative estimate of drug-likeness (QED) is 0.712. The lowest BCUT2D eigenvalue weighted by Crippen LogP contribution is -2.37. The third kappa shape index (κ3) is 2.59. The van der Waals surface area contributed by atoms with Gasteiger partial charge in [0.05, 0.1) is 11.4 Å². The minimum absolute atomic E-state index is 0.0169. The van der Waals surface area contributed by atoms with Crippen molar-refractivity contribution in [1.29, 1.82) is 0 Å². The molecular weight excluding hydrogens is 258 g/mol. The zero-order chi connectivity index (χ0) is 13.2. The molecule has 0 bridgehead atoms. The number of H-pyrrole nitrogens is 1. The number of sulfonamides is 1. The van der Waals surface area contributed by atoms with Gasteiger partial charge in [-0.05, 0) is 12.5 Å². The van der Waals surface area contributed by atoms with Crippen LogP contribution in [0.4, 0.5) is 0 Å². The summed E-state index contributed by atoms with van der Waals surface area (Å²) in [4.78, 5) is 24.5. The number of rotatable bonds is 2. The second-order valence-electron chi connectivity index (χ2n) is 3.93. The normalized spacial score (nSPS) is 18.1. The summed E-state index contributed by atoms with van der Waals surface area (Å²) in [6.45, 7) is 0.554. The molecule has 98 valence electrons. The Morgan fingerprint density at radius 1 is 1.22 bits per heavy atom. The lowest BCUT2D eigenvalue weighted by atomic mass is 10.4. The van der Waals surface area contributed by atoms with E-state index in [-0.39, 0.29) is 29.5 Å². The van der Waals surface area contributed by atoms with Crippen LogP contribution in [-0.4, -0.2) is 43.2 Å². The molecule has 2 rings (SSSR count). The molecule has 1 saturated heterocycles. The smallest absolute Gasteiger partial charge is 0.247 e. The first-order chi connectivity index (χ1) is 8.50. The van der Waals surface area contributed by atoms with Gasteiger partial charge in [-0.1, -0.05) is 0 Å². The van der Waals surface area contributed by atoms with Gasteiger partial charge in [-0.3, -0.25) is 9.59 Å². The second kappa shape index (κ2) is 4.91. The van der Waals surface area contributed by atoms with Gasteiger partial charge in [0.25, 0.3) is 0 Å². The topological polar surface area (TPSA) is 99.3 Å². The number of amides is 1. The molecule has 1 aromatic heterocycles. The number of hydrogen-bond donors (Lipinski definition) is 2. The molecule has 0 spiro atoms. The molecule has 0 unspecified atom stereocenters. The first-order valence-corrected chi connectivity index (χ1v) is 6.90. The summed E-state index contributed by atoms with van der Waals surface area (Å²) in [6, 6.07) is 2.38. The fourth-order valence-corrected chi connectivity index (χ4v) is 3.09. The van der Waals surface area contributed by atoms with Crippen LogP contribution in [0.25, 0.3) is 0 Å². The lowest BCUT2D eigenvalue weighted by molar-refractivity contribution is -0.120. The van der Waals surface area contributed by atoms with Crippen LogP contribution in [0.5, 0.6) is 0 Å². The van der Waals surface area contributed by atoms with Crippen molar-refractivity contribution >= 4 is 15.9 Å². The first kappa shape index (κ1) is 12.8. The molecule has 1 amide bonds. The highest BCUT2D eigenvalue weighted by Gasteiger charge is 2.27. The van der Waals surface area contributed by atoms with E-state index in [9.17, 15) is 18.0 Å². The molecule has 2 heterocycles. The van der Waals surface area contributed by atoms with Crippen LogP contribution in [0.2, 0.25) is 0 Å². The Kier molecular flexibility index (Phi) is 3.48. The molecule has 1 aromatic rings. The summed E-state index contributed by atoms with van der Waals surface area (Å²) in [5, 5.41) is 2.60. The summed E-state index contributed by atoms with van der Waals surface area (Å²) in [5.41, 5.74) is -0.373. The van der Waals surface area contributed by atoms with Gasteiger partial charge in [-0.2, -0.15) is 4.31 Å². The van der Waals surface area contributed by atoms with Gasteiger partial charge in [0.2, 0.25) is 21.5 Å². The second-order valence-corrected chi connectivity index (χ2v) is 5.87. The maximum absolute atomic E-state index is 12.2. The van der Waals surface area contributed by atoms with E-state index in [4.69, 9.17) is 0 Å². The van der Waals surface area contributed by atoms with E-state index >= 15 is 0 Å². The standard InChI is InChI=1S/C10H13N3O4S/c14-9-3-2-8(6-12-9)18(16,17)13-5-1-4-11-10(15)7-13/h2-3,6H,1,4-5,7H2,(H,11,15)(H,12,14). The largest absolute Gasteiger partial charge is 0.355 e. The molecular formula is C10H13N3O4S. The number of aromatic nitrogens is 1. The number of nitrogens with zero attached hydrogens (tertiary/aromatic N) is 1. The molecule has 0 saturated carbocycles. The summed E-state index contributed by atoms with van der Waals surface area (Å²) in [5.74, 6) is -0.319. The molecule has 0 radical (unpaired) electrons. The fraction of sp³-hybridized carbons (Fsp3) is 0.400. The Hall–Kier alpha value is -1.67. The highest BCUT2D eigenvalue weighted by molar-refractivity contribution is 7.89. The number of nitrogens with one attached hydrogen (secondary N) is 2. The van der Waals surface area contributed by atoms with Crippen LogP contribution in [0.3, 0.4) is 0 Å². The predicted octanol–water partition coefficient (Wildman–Crippen LogP) is -1.11. The van der Waals surface area contributed by atoms with Crippen molar-refractivity contribution in [1.82, 2.24) is 14.6 Å². The zero-order valence-electron chi connectivity index (χ0n) is 9.55. The molecule has 0 aliphatic carbocycles. The summed E-state index contributed by atoms with van der Waals surface area (Å²) in [6.07, 6.45) is 1.70. The zero-order valence-corrected chi connectivity index (χ0v) is 10.4. The maximum atomic E-state index is 12.2. The van der Waals surface area contributed by atoms with Crippen LogP contribution in [0.15, 0.2) is 28.0 Å². The van der Waals surface area contributed by atoms with E-state index in [1.807, 2.05) is 0 Å². The number of aromatic amines is 1. The molecule has 0 atom stereocenters. The maximum Gasteiger partial charge on any atom is 0.247 e. The Labute approximate surface area is 104 Å². The van der Waals surface area contributed by atoms with E-state index in [0.29, 0.717) is 13.0 Å². The van der Waals surface area contributed by atoms with Crippen LogP contribution in [0, 0.1) is 0 Å². The third-order valence-electron chi connectivity index (χ3n) is 2.62. The average molecular weight is 271 g/mol. The average Bonchev–Trinajstić information content (AvgIpc) is 2.55. The highest BCUT2D eigenvalue weighted by Crippen LogP contribution is 2.14. The molecule has 1 fully saturated rings. The third-order valence-corrected chi connectivity index (χ3v) is 4.46. The van der Waals surface area contributed by atoms with Crippen molar-refractivity contribution in [3.8, 4) is 0 Å². The van der Waals surface area contributed by atoms with Gasteiger partial charge >= 0.3 is 0 Å². The van der Waals surface area contributed by atoms with Crippen molar-refractivity contribution in [3.63, 3.8) is 0 Å². The Balaban J connectivity index is 2.32. The van der Waals surface area contributed by atoms with E-state index < -0.39 is 10.0 Å². The lowest BCUT2D eigenvalue weighted by Gasteiger charge is -2.18. The van der Waals surface area contributed by atoms with Crippen LogP contribution in [0.1, 0.15) is 6.42 Å². The minimum atomic E-state index is -3.73. The number of carbonyl (C=O) groups is 1. The SMILES string of the molecule is O=C1CN(S(=O)(=O)c2ccc(=O)[nH]c2)CCCN1. The number of hydrogen-bond acceptors (Lipinski definition) is 4. The van der Waals surface area contributed by atoms with Crippen molar-refractivity contribution in [2.24, 2.45) is 0 Å². The Morgan fingerprint density at radius 3 is 2.67 bits per heavy atom. The van der Waals surface area contributed by atoms with Gasteiger partial charge in [-0.15, -0.1) is 0 Å². The van der Waals surface area contributed by atoms with Gasteiger partial charge in [0.1, 0.15) is 0 Å². The van der Waals surface area contributed by atoms with E-state index in [1.165, 1.54) is 6.07 Å². The highest BCUT2D eigenvalue weighted by atomic mass is 32.2. The first-order valence-electron chi connectivity index (χ1n) is 5.46. The molecule has 1 aliphatic rings. The van der Waals surface area contributed by atoms with Crippen LogP contribution >= 0.6 is 0 Å². The summed E-state index contributed by atoms with van der Waals surface area (Å²) < 4.78 is 25.6. The van der Waals surface area contributed by atoms with Crippen molar-refractivity contribution in [2.45, 2.75) is 11.3 Å². The molecule has 2 N–H and O–H groups in total. The van der Waals surface area contributed by atoms with Gasteiger partial charge < -0.3 is 10.3 Å². The van der Waals surface area contributed by atoms with Gasteiger partial charge in [-0.25, -0.2) is 8.42 Å². The van der Waals surface area contributed by atoms with Crippen molar-refractivity contribution < 1.29 is 13.2 Å². The van der Waals surface area contributed by atoms with Crippen LogP contribution < -0.4 is 10.9 Å². The summed E-state index contributed by atoms with van der Waals surface area (Å²) in [7, 11) is -3.73. The molecule has 1 aliphatic heterocycles. The Morgan fingerprint density at radius 2 is 2.00 bits per heavy atom. The van der Waals surface area contributed by atoms with E-state index in [1.54, 1.807) is 0 Å². The van der Waals surface area contributed by atoms with Crippen LogP contribution in [-0.2, 0) is 14.8 Å². The molecule has 7 nitrogen and oxygen atoms in total. The number of carbonyl (C=O) groups excluding carboxylic acids is 1. The molecule has 18 heavy (non-hydrogen) atoms. The van der Waals surface area contributed by atoms with E-state index in [0.717, 1.165) is 16.6 Å².